The van der Waals surface area contributed by atoms with E-state index >= 15 is 0 Å². The van der Waals surface area contributed by atoms with Gasteiger partial charge in [0.05, 0.1) is 26.4 Å². The van der Waals surface area contributed by atoms with Crippen molar-refractivity contribution in [3.05, 3.63) is 12.8 Å². The molecule has 1 atom stereocenters. The van der Waals surface area contributed by atoms with E-state index < -0.39 is 10.4 Å². The zero-order chi connectivity index (χ0) is 11.2. The molecule has 0 aromatic rings. The van der Waals surface area contributed by atoms with Crippen molar-refractivity contribution >= 4 is 10.4 Å². The molecule has 6 nitrogen and oxygen atoms in total. The fourth-order valence-corrected chi connectivity index (χ4v) is 1.01. The van der Waals surface area contributed by atoms with E-state index in [4.69, 9.17) is 0 Å². The van der Waals surface area contributed by atoms with Crippen molar-refractivity contribution in [1.29, 1.82) is 0 Å². The van der Waals surface area contributed by atoms with Crippen LogP contribution in [0.4, 0.5) is 0 Å². The first-order valence-electron chi connectivity index (χ1n) is 4.06. The maximum atomic E-state index is 9.22. The summed E-state index contributed by atoms with van der Waals surface area (Å²) >= 11 is 0. The highest BCUT2D eigenvalue weighted by molar-refractivity contribution is 7.80. The molecule has 0 aromatic heterocycles. The molecular formula is C7H16N2O4S. The Morgan fingerprint density at radius 1 is 1.64 bits per heavy atom. The predicted octanol–water partition coefficient (Wildman–Crippen LogP) is -1.99. The third-order valence-electron chi connectivity index (χ3n) is 1.78. The second-order valence-corrected chi connectivity index (χ2v) is 4.07. The van der Waals surface area contributed by atoms with Gasteiger partial charge in [-0.1, -0.05) is 0 Å². The Balaban J connectivity index is 0.000000255. The van der Waals surface area contributed by atoms with Crippen LogP contribution in [0.1, 0.15) is 0 Å². The van der Waals surface area contributed by atoms with Crippen LogP contribution in [-0.2, 0) is 14.6 Å². The summed E-state index contributed by atoms with van der Waals surface area (Å²) in [5.74, 6) is 0. The molecule has 1 aliphatic heterocycles. The molecular weight excluding hydrogens is 208 g/mol. The molecule has 0 saturated carbocycles. The van der Waals surface area contributed by atoms with Crippen LogP contribution in [0.5, 0.6) is 0 Å². The Morgan fingerprint density at radius 2 is 2.14 bits per heavy atom. The van der Waals surface area contributed by atoms with Gasteiger partial charge in [0.25, 0.3) is 0 Å². The summed E-state index contributed by atoms with van der Waals surface area (Å²) in [4.78, 5) is 3.78. The van der Waals surface area contributed by atoms with Gasteiger partial charge in [-0.3, -0.25) is 14.0 Å². The van der Waals surface area contributed by atoms with Crippen molar-refractivity contribution in [2.45, 2.75) is 0 Å². The number of nitrogens with one attached hydrogen (secondary N) is 1. The SMILES string of the molecule is C=C[NH+]1CCN(C)C1.COS(=O)(=O)[O-]. The highest BCUT2D eigenvalue weighted by Crippen LogP contribution is 1.78. The molecule has 0 bridgehead atoms. The first-order valence-corrected chi connectivity index (χ1v) is 5.39. The second-order valence-electron chi connectivity index (χ2n) is 2.93. The third kappa shape index (κ3) is 6.98. The van der Waals surface area contributed by atoms with E-state index in [1.807, 2.05) is 6.20 Å². The highest BCUT2D eigenvalue weighted by atomic mass is 32.3. The molecule has 0 spiro atoms. The summed E-state index contributed by atoms with van der Waals surface area (Å²) in [7, 11) is -1.47. The number of quaternary nitrogens is 1. The van der Waals surface area contributed by atoms with Crippen molar-refractivity contribution in [2.75, 3.05) is 33.9 Å². The summed E-state index contributed by atoms with van der Waals surface area (Å²) in [6, 6.07) is 0. The van der Waals surface area contributed by atoms with Crippen molar-refractivity contribution < 1.29 is 22.1 Å². The molecule has 1 N–H and O–H groups in total. The number of rotatable bonds is 2. The fourth-order valence-electron chi connectivity index (χ4n) is 1.01. The lowest BCUT2D eigenvalue weighted by Crippen LogP contribution is -3.05. The van der Waals surface area contributed by atoms with E-state index in [1.54, 1.807) is 0 Å². The van der Waals surface area contributed by atoms with Crippen LogP contribution in [0.25, 0.3) is 0 Å². The van der Waals surface area contributed by atoms with Gasteiger partial charge in [-0.15, -0.1) is 0 Å². The van der Waals surface area contributed by atoms with Crippen LogP contribution in [-0.4, -0.2) is 51.8 Å². The maximum Gasteiger partial charge on any atom is 0.217 e. The van der Waals surface area contributed by atoms with Crippen molar-refractivity contribution in [1.82, 2.24) is 4.90 Å². The Hall–Kier alpha value is -0.470. The van der Waals surface area contributed by atoms with E-state index in [-0.39, 0.29) is 0 Å². The average molecular weight is 224 g/mol. The molecule has 1 heterocycles. The molecule has 1 fully saturated rings. The standard InChI is InChI=1S/C6H12N2.CH4O4S/c1-3-8-5-4-7(2)6-8;1-5-6(2,3)4/h3H,1,4-6H2,2H3;1H3,(H,2,3,4). The lowest BCUT2D eigenvalue weighted by Gasteiger charge is -2.03. The van der Waals surface area contributed by atoms with Gasteiger partial charge in [0, 0.05) is 0 Å². The van der Waals surface area contributed by atoms with Crippen LogP contribution in [0.2, 0.25) is 0 Å². The first-order chi connectivity index (χ1) is 6.39. The second kappa shape index (κ2) is 6.10. The summed E-state index contributed by atoms with van der Waals surface area (Å²) in [6.07, 6.45) is 1.98. The van der Waals surface area contributed by atoms with E-state index in [2.05, 4.69) is 22.7 Å². The van der Waals surface area contributed by atoms with Gasteiger partial charge in [0.2, 0.25) is 10.4 Å². The summed E-state index contributed by atoms with van der Waals surface area (Å²) in [5, 5.41) is 0. The minimum atomic E-state index is -4.41. The average Bonchev–Trinajstić information content (AvgIpc) is 2.51. The number of nitrogens with zero attached hydrogens (tertiary/aromatic N) is 1. The number of hydrogen-bond acceptors (Lipinski definition) is 5. The normalized spacial score (nSPS) is 22.6. The molecule has 0 amide bonds. The molecule has 1 unspecified atom stereocenters. The Kier molecular flexibility index (Phi) is 5.89. The quantitative estimate of drug-likeness (QED) is 0.434. The summed E-state index contributed by atoms with van der Waals surface area (Å²) in [6.45, 7) is 7.27. The monoisotopic (exact) mass is 224 g/mol. The van der Waals surface area contributed by atoms with Crippen molar-refractivity contribution in [3.63, 3.8) is 0 Å². The lowest BCUT2D eigenvalue weighted by atomic mass is 10.6. The molecule has 84 valence electrons. The van der Waals surface area contributed by atoms with Gasteiger partial charge in [0.1, 0.15) is 6.67 Å². The van der Waals surface area contributed by atoms with E-state index in [0.717, 1.165) is 13.8 Å². The summed E-state index contributed by atoms with van der Waals surface area (Å²) < 4.78 is 31.0. The minimum absolute atomic E-state index is 0.808. The summed E-state index contributed by atoms with van der Waals surface area (Å²) in [5.41, 5.74) is 0. The Labute approximate surface area is 84.7 Å². The molecule has 1 saturated heterocycles. The fraction of sp³-hybridized carbons (Fsp3) is 0.714. The van der Waals surface area contributed by atoms with E-state index in [1.165, 1.54) is 18.0 Å². The van der Waals surface area contributed by atoms with Crippen molar-refractivity contribution in [3.8, 4) is 0 Å². The van der Waals surface area contributed by atoms with Crippen molar-refractivity contribution in [2.24, 2.45) is 0 Å². The molecule has 14 heavy (non-hydrogen) atoms. The van der Waals surface area contributed by atoms with Gasteiger partial charge >= 0.3 is 0 Å². The molecule has 0 aromatic carbocycles. The Bertz CT molecular complexity index is 265. The van der Waals surface area contributed by atoms with Crippen LogP contribution >= 0.6 is 0 Å². The molecule has 0 radical (unpaired) electrons. The highest BCUT2D eigenvalue weighted by Gasteiger charge is 2.16. The number of hydrogen-bond donors (Lipinski definition) is 1. The molecule has 1 rings (SSSR count). The van der Waals surface area contributed by atoms with E-state index in [0.29, 0.717) is 0 Å². The first kappa shape index (κ1) is 13.5. The third-order valence-corrected chi connectivity index (χ3v) is 2.19. The molecule has 7 heteroatoms. The van der Waals surface area contributed by atoms with E-state index in [9.17, 15) is 13.0 Å². The van der Waals surface area contributed by atoms with Gasteiger partial charge in [-0.05, 0) is 13.6 Å². The maximum absolute atomic E-state index is 9.22. The zero-order valence-electron chi connectivity index (χ0n) is 8.39. The van der Waals surface area contributed by atoms with Crippen LogP contribution in [0.3, 0.4) is 0 Å². The van der Waals surface area contributed by atoms with Crippen LogP contribution in [0, 0.1) is 0 Å². The number of likely N-dealkylation sites (N-methyl/N-ethyl adjacent to an activating group) is 1. The lowest BCUT2D eigenvalue weighted by molar-refractivity contribution is -0.837. The largest absolute Gasteiger partial charge is 0.726 e. The van der Waals surface area contributed by atoms with Gasteiger partial charge < -0.3 is 4.55 Å². The topological polar surface area (TPSA) is 74.1 Å². The molecule has 0 aliphatic carbocycles. The van der Waals surface area contributed by atoms with Crippen LogP contribution < -0.4 is 4.90 Å². The predicted molar refractivity (Wildman–Crippen MR) is 50.2 cm³/mol. The zero-order valence-corrected chi connectivity index (χ0v) is 9.21. The van der Waals surface area contributed by atoms with Crippen LogP contribution in [0.15, 0.2) is 12.8 Å². The van der Waals surface area contributed by atoms with Gasteiger partial charge in [-0.2, -0.15) is 0 Å². The molecule has 1 aliphatic rings. The minimum Gasteiger partial charge on any atom is -0.726 e. The van der Waals surface area contributed by atoms with Gasteiger partial charge in [-0.25, -0.2) is 8.42 Å². The smallest absolute Gasteiger partial charge is 0.217 e. The Morgan fingerprint density at radius 3 is 2.29 bits per heavy atom. The van der Waals surface area contributed by atoms with Gasteiger partial charge in [0.15, 0.2) is 0 Å².